The van der Waals surface area contributed by atoms with Gasteiger partial charge in [-0.3, -0.25) is 4.79 Å². The molecule has 4 aromatic rings. The van der Waals surface area contributed by atoms with E-state index in [2.05, 4.69) is 15.2 Å². The number of amides is 1. The molecular weight excluding hydrogens is 630 g/mol. The number of hydrogen-bond acceptors (Lipinski definition) is 6. The van der Waals surface area contributed by atoms with Crippen LogP contribution in [0.3, 0.4) is 0 Å². The van der Waals surface area contributed by atoms with Crippen molar-refractivity contribution < 1.29 is 45.4 Å². The number of esters is 1. The van der Waals surface area contributed by atoms with Crippen molar-refractivity contribution in [3.8, 4) is 0 Å². The first kappa shape index (κ1) is 33.5. The molecular formula is C33H30F6N4O4. The molecule has 14 heteroatoms. The fourth-order valence-corrected chi connectivity index (χ4v) is 5.40. The molecule has 1 amide bonds. The number of halogens is 6. The Morgan fingerprint density at radius 2 is 1.62 bits per heavy atom. The number of nitrogens with zero attached hydrogens (tertiary/aromatic N) is 3. The molecule has 0 aliphatic carbocycles. The van der Waals surface area contributed by atoms with E-state index in [1.807, 2.05) is 30.3 Å². The number of carbonyl (C=O) groups is 2. The van der Waals surface area contributed by atoms with Crippen LogP contribution in [0, 0.1) is 0 Å². The van der Waals surface area contributed by atoms with Crippen molar-refractivity contribution in [2.45, 2.75) is 44.5 Å². The van der Waals surface area contributed by atoms with E-state index in [0.29, 0.717) is 5.56 Å². The quantitative estimate of drug-likeness (QED) is 0.146. The summed E-state index contributed by atoms with van der Waals surface area (Å²) in [5.74, 6) is -1.85. The van der Waals surface area contributed by atoms with E-state index < -0.39 is 53.1 Å². The van der Waals surface area contributed by atoms with Crippen molar-refractivity contribution in [2.24, 2.45) is 0 Å². The Balaban J connectivity index is 1.49. The van der Waals surface area contributed by atoms with Gasteiger partial charge in [-0.1, -0.05) is 54.6 Å². The van der Waals surface area contributed by atoms with Crippen LogP contribution in [0.25, 0.3) is 0 Å². The van der Waals surface area contributed by atoms with Crippen LogP contribution < -0.4 is 10.2 Å². The van der Waals surface area contributed by atoms with Crippen molar-refractivity contribution in [3.63, 3.8) is 0 Å². The van der Waals surface area contributed by atoms with E-state index in [1.165, 1.54) is 48.4 Å². The Hall–Kier alpha value is -4.85. The minimum atomic E-state index is -5.03. The monoisotopic (exact) mass is 660 g/mol. The van der Waals surface area contributed by atoms with E-state index in [9.17, 15) is 35.9 Å². The molecule has 248 valence electrons. The van der Waals surface area contributed by atoms with Gasteiger partial charge in [0.2, 0.25) is 0 Å². The topological polar surface area (TPSA) is 85.7 Å². The standard InChI is InChI=1S/C33H30F6N4O4/c1-20(23-11-13-24(14-12-23)31(45)46-2)40-29(44)27-28(33(37,38)39)41-43-26(19-47-18-21-7-4-3-5-8-21)17-42(30(27)43)16-22-9-6-10-25(15-22)32(34,35)36/h3-15,20,26H,16-19H2,1-2H3,(H,40,44)/t20-,26-/m0/s1. The molecule has 2 heterocycles. The Bertz CT molecular complexity index is 1720. The fraction of sp³-hybridized carbons (Fsp3) is 0.303. The number of nitrogens with one attached hydrogen (secondary N) is 1. The highest BCUT2D eigenvalue weighted by atomic mass is 19.4. The number of fused-ring (bicyclic) bond motifs is 1. The minimum absolute atomic E-state index is 0.0241. The minimum Gasteiger partial charge on any atom is -0.465 e. The van der Waals surface area contributed by atoms with E-state index >= 15 is 0 Å². The second-order valence-electron chi connectivity index (χ2n) is 11.0. The Labute approximate surface area is 265 Å². The molecule has 0 saturated heterocycles. The molecule has 1 N–H and O–H groups in total. The summed E-state index contributed by atoms with van der Waals surface area (Å²) in [5.41, 5.74) is -1.35. The first-order chi connectivity index (χ1) is 22.3. The molecule has 8 nitrogen and oxygen atoms in total. The van der Waals surface area contributed by atoms with E-state index in [4.69, 9.17) is 4.74 Å². The third-order valence-corrected chi connectivity index (χ3v) is 7.69. The average Bonchev–Trinajstić information content (AvgIpc) is 3.59. The molecule has 0 spiro atoms. The lowest BCUT2D eigenvalue weighted by Gasteiger charge is -2.22. The van der Waals surface area contributed by atoms with Crippen molar-refractivity contribution >= 4 is 17.7 Å². The van der Waals surface area contributed by atoms with Gasteiger partial charge in [0.15, 0.2) is 5.69 Å². The van der Waals surface area contributed by atoms with Crippen molar-refractivity contribution in [2.75, 3.05) is 25.2 Å². The van der Waals surface area contributed by atoms with Crippen LogP contribution in [0.15, 0.2) is 78.9 Å². The number of alkyl halides is 6. The van der Waals surface area contributed by atoms with Gasteiger partial charge in [-0.2, -0.15) is 31.4 Å². The maximum Gasteiger partial charge on any atom is 0.436 e. The van der Waals surface area contributed by atoms with Crippen LogP contribution in [-0.4, -0.2) is 41.9 Å². The Morgan fingerprint density at radius 1 is 0.936 bits per heavy atom. The number of ether oxygens (including phenoxy) is 2. The summed E-state index contributed by atoms with van der Waals surface area (Å²) in [6.07, 6.45) is -9.66. The van der Waals surface area contributed by atoms with Crippen LogP contribution in [0.2, 0.25) is 0 Å². The first-order valence-corrected chi connectivity index (χ1v) is 14.5. The van der Waals surface area contributed by atoms with E-state index in [-0.39, 0.29) is 43.2 Å². The second-order valence-corrected chi connectivity index (χ2v) is 11.0. The zero-order valence-electron chi connectivity index (χ0n) is 25.2. The highest BCUT2D eigenvalue weighted by molar-refractivity contribution is 6.01. The number of methoxy groups -OCH3 is 1. The average molecular weight is 661 g/mol. The van der Waals surface area contributed by atoms with Crippen molar-refractivity contribution in [3.05, 3.63) is 118 Å². The van der Waals surface area contributed by atoms with Gasteiger partial charge in [-0.05, 0) is 47.9 Å². The molecule has 0 unspecified atom stereocenters. The molecule has 1 aliphatic rings. The number of hydrogen-bond donors (Lipinski definition) is 1. The van der Waals surface area contributed by atoms with E-state index in [1.54, 1.807) is 6.92 Å². The summed E-state index contributed by atoms with van der Waals surface area (Å²) in [6, 6.07) is 18.0. The van der Waals surface area contributed by atoms with E-state index in [0.717, 1.165) is 22.4 Å². The lowest BCUT2D eigenvalue weighted by atomic mass is 10.1. The molecule has 5 rings (SSSR count). The van der Waals surface area contributed by atoms with Gasteiger partial charge in [-0.25, -0.2) is 9.48 Å². The number of aromatic nitrogens is 2. The molecule has 47 heavy (non-hydrogen) atoms. The molecule has 0 bridgehead atoms. The fourth-order valence-electron chi connectivity index (χ4n) is 5.40. The van der Waals surface area contributed by atoms with Crippen LogP contribution in [-0.2, 0) is 35.0 Å². The summed E-state index contributed by atoms with van der Waals surface area (Å²) in [4.78, 5) is 26.9. The van der Waals surface area contributed by atoms with Gasteiger partial charge >= 0.3 is 18.3 Å². The summed E-state index contributed by atoms with van der Waals surface area (Å²) in [6.45, 7) is 1.43. The van der Waals surface area contributed by atoms with Gasteiger partial charge in [0.1, 0.15) is 11.4 Å². The number of anilines is 1. The van der Waals surface area contributed by atoms with Gasteiger partial charge in [0.05, 0.1) is 43.5 Å². The largest absolute Gasteiger partial charge is 0.465 e. The Kier molecular flexibility index (Phi) is 9.61. The maximum absolute atomic E-state index is 14.4. The molecule has 3 aromatic carbocycles. The Morgan fingerprint density at radius 3 is 2.26 bits per heavy atom. The number of carbonyl (C=O) groups excluding carboxylic acids is 2. The molecule has 1 aromatic heterocycles. The lowest BCUT2D eigenvalue weighted by molar-refractivity contribution is -0.142. The van der Waals surface area contributed by atoms with Gasteiger partial charge < -0.3 is 19.7 Å². The summed E-state index contributed by atoms with van der Waals surface area (Å²) in [5, 5.41) is 6.42. The molecule has 0 fully saturated rings. The lowest BCUT2D eigenvalue weighted by Crippen LogP contribution is -2.31. The number of benzene rings is 3. The highest BCUT2D eigenvalue weighted by Gasteiger charge is 2.46. The zero-order chi connectivity index (χ0) is 33.9. The van der Waals surface area contributed by atoms with Crippen molar-refractivity contribution in [1.29, 1.82) is 0 Å². The van der Waals surface area contributed by atoms with Crippen LogP contribution >= 0.6 is 0 Å². The SMILES string of the molecule is COC(=O)c1ccc([C@H](C)NC(=O)c2c(C(F)(F)F)nn3c2N(Cc2cccc(C(F)(F)F)c2)C[C@H]3COCc2ccccc2)cc1. The van der Waals surface area contributed by atoms with Crippen molar-refractivity contribution in [1.82, 2.24) is 15.1 Å². The summed E-state index contributed by atoms with van der Waals surface area (Å²) < 4.78 is 95.3. The van der Waals surface area contributed by atoms with Crippen LogP contribution in [0.5, 0.6) is 0 Å². The normalized spacial score (nSPS) is 15.3. The number of rotatable bonds is 10. The van der Waals surface area contributed by atoms with Crippen LogP contribution in [0.4, 0.5) is 32.2 Å². The smallest absolute Gasteiger partial charge is 0.436 e. The molecule has 1 aliphatic heterocycles. The van der Waals surface area contributed by atoms with Gasteiger partial charge in [0, 0.05) is 13.1 Å². The van der Waals surface area contributed by atoms with Gasteiger partial charge in [0.25, 0.3) is 5.91 Å². The third-order valence-electron chi connectivity index (χ3n) is 7.69. The molecule has 2 atom stereocenters. The second kappa shape index (κ2) is 13.5. The molecule has 0 radical (unpaired) electrons. The molecule has 0 saturated carbocycles. The highest BCUT2D eigenvalue weighted by Crippen LogP contribution is 2.42. The predicted molar refractivity (Wildman–Crippen MR) is 159 cm³/mol. The first-order valence-electron chi connectivity index (χ1n) is 14.5. The van der Waals surface area contributed by atoms with Gasteiger partial charge in [-0.15, -0.1) is 0 Å². The predicted octanol–water partition coefficient (Wildman–Crippen LogP) is 6.98. The summed E-state index contributed by atoms with van der Waals surface area (Å²) >= 11 is 0. The maximum atomic E-state index is 14.4. The van der Waals surface area contributed by atoms with Crippen LogP contribution in [0.1, 0.15) is 67.7 Å². The summed E-state index contributed by atoms with van der Waals surface area (Å²) in [7, 11) is 1.22. The third kappa shape index (κ3) is 7.59. The zero-order valence-corrected chi connectivity index (χ0v) is 25.2.